The van der Waals surface area contributed by atoms with Crippen molar-refractivity contribution in [3.63, 3.8) is 0 Å². The number of ether oxygens (including phenoxy) is 1. The van der Waals surface area contributed by atoms with Crippen LogP contribution in [0.3, 0.4) is 0 Å². The molecule has 4 heterocycles. The molecular weight excluding hydrogens is 507 g/mol. The molecule has 0 radical (unpaired) electrons. The molecule has 6 rings (SSSR count). The van der Waals surface area contributed by atoms with Crippen LogP contribution >= 0.6 is 11.6 Å². The zero-order chi connectivity index (χ0) is 26.1. The third-order valence-electron chi connectivity index (χ3n) is 7.04. The van der Waals surface area contributed by atoms with Crippen LogP contribution in [0.25, 0.3) is 16.9 Å². The van der Waals surface area contributed by atoms with Crippen LogP contribution < -0.4 is 32.1 Å². The van der Waals surface area contributed by atoms with Crippen molar-refractivity contribution in [2.45, 2.75) is 31.5 Å². The maximum absolute atomic E-state index is 13.6. The summed E-state index contributed by atoms with van der Waals surface area (Å²) in [5.74, 6) is 1.43. The van der Waals surface area contributed by atoms with E-state index in [0.29, 0.717) is 28.0 Å². The van der Waals surface area contributed by atoms with Crippen LogP contribution in [0.1, 0.15) is 29.5 Å². The highest BCUT2D eigenvalue weighted by atomic mass is 35.5. The monoisotopic (exact) mass is 527 g/mol. The normalized spacial score (nSPS) is 17.3. The molecule has 12 heteroatoms. The summed E-state index contributed by atoms with van der Waals surface area (Å²) >= 11 is 6.84. The molecule has 0 spiro atoms. The number of halogens is 4. The van der Waals surface area contributed by atoms with Gasteiger partial charge in [0.05, 0.1) is 26.7 Å². The van der Waals surface area contributed by atoms with Gasteiger partial charge in [-0.05, 0) is 37.5 Å². The third kappa shape index (κ3) is 3.48. The van der Waals surface area contributed by atoms with Crippen molar-refractivity contribution in [1.29, 1.82) is 0 Å². The number of anilines is 2. The Balaban J connectivity index is 1.60. The second kappa shape index (κ2) is 8.01. The molecule has 1 aliphatic carbocycles. The molecule has 3 aliphatic rings. The molecule has 0 amide bonds. The van der Waals surface area contributed by atoms with Crippen molar-refractivity contribution in [2.75, 3.05) is 18.1 Å². The minimum absolute atomic E-state index is 0.0764. The molecule has 1 fully saturated rings. The number of nitrogens with one attached hydrogen (secondary N) is 1. The Kier molecular flexibility index (Phi) is 5.07. The zero-order valence-electron chi connectivity index (χ0n) is 19.5. The van der Waals surface area contributed by atoms with Crippen LogP contribution in [-0.2, 0) is 11.7 Å². The first-order valence-electron chi connectivity index (χ1n) is 11.4. The zero-order valence-corrected chi connectivity index (χ0v) is 20.3. The standard InChI is InChI=1S/C25H21ClF3N7O/c1-12-15(25(27,28)29)10-33-22(31)17(12)13-9-16-18-20(19(13)26)34-11-35-23(18)36(7-8-37-16)24(4-5-24)14-3-2-6-32-21(14)30/h2-3,6-10,35H,4-5,11H2,1H3,(H2,30,32)(H2,31,33). The number of nitrogen functional groups attached to an aromatic ring is 2. The smallest absolute Gasteiger partial charge is 0.418 e. The number of benzene rings is 1. The SMILES string of the molecule is Cc1c(C(F)(F)F)cnc(N)c1-c1cc2c3c(c1Cl)=NCNC=3N(C1(c3cccnc3N)CC1)C=CO2. The highest BCUT2D eigenvalue weighted by Gasteiger charge is 2.52. The van der Waals surface area contributed by atoms with Crippen LogP contribution in [-0.4, -0.2) is 21.5 Å². The van der Waals surface area contributed by atoms with Gasteiger partial charge in [-0.3, -0.25) is 4.99 Å². The fourth-order valence-corrected chi connectivity index (χ4v) is 5.48. The lowest BCUT2D eigenvalue weighted by molar-refractivity contribution is -0.138. The fraction of sp³-hybridized carbons (Fsp3) is 0.240. The van der Waals surface area contributed by atoms with E-state index >= 15 is 0 Å². The van der Waals surface area contributed by atoms with Crippen molar-refractivity contribution in [3.05, 3.63) is 75.3 Å². The summed E-state index contributed by atoms with van der Waals surface area (Å²) in [6.07, 6.45) is 2.75. The summed E-state index contributed by atoms with van der Waals surface area (Å²) in [6, 6.07) is 5.37. The number of alkyl halides is 3. The number of nitrogens with two attached hydrogens (primary N) is 2. The Hall–Kier alpha value is -3.99. The second-order valence-electron chi connectivity index (χ2n) is 9.10. The first-order valence-corrected chi connectivity index (χ1v) is 11.8. The molecule has 0 atom stereocenters. The summed E-state index contributed by atoms with van der Waals surface area (Å²) in [6.45, 7) is 1.54. The maximum Gasteiger partial charge on any atom is 0.418 e. The predicted molar refractivity (Wildman–Crippen MR) is 132 cm³/mol. The Bertz CT molecular complexity index is 1620. The Morgan fingerprint density at radius 1 is 1.19 bits per heavy atom. The van der Waals surface area contributed by atoms with E-state index in [1.807, 2.05) is 17.0 Å². The first kappa shape index (κ1) is 23.4. The number of hydrogen-bond donors (Lipinski definition) is 3. The number of nitrogens with zero attached hydrogens (tertiary/aromatic N) is 4. The molecular formula is C25H21ClF3N7O. The van der Waals surface area contributed by atoms with Gasteiger partial charge in [0, 0.05) is 35.3 Å². The first-order chi connectivity index (χ1) is 17.6. The van der Waals surface area contributed by atoms with Gasteiger partial charge in [-0.1, -0.05) is 17.7 Å². The van der Waals surface area contributed by atoms with Crippen LogP contribution in [0.2, 0.25) is 5.02 Å². The summed E-state index contributed by atoms with van der Waals surface area (Å²) in [4.78, 5) is 14.7. The molecule has 1 saturated carbocycles. The van der Waals surface area contributed by atoms with Gasteiger partial charge in [0.1, 0.15) is 36.1 Å². The van der Waals surface area contributed by atoms with E-state index in [1.165, 1.54) is 13.2 Å². The van der Waals surface area contributed by atoms with Crippen molar-refractivity contribution in [1.82, 2.24) is 20.2 Å². The minimum atomic E-state index is -4.60. The van der Waals surface area contributed by atoms with Gasteiger partial charge < -0.3 is 26.4 Å². The van der Waals surface area contributed by atoms with Gasteiger partial charge in [-0.2, -0.15) is 13.2 Å². The minimum Gasteiger partial charge on any atom is -0.463 e. The number of pyridine rings is 2. The number of aromatic nitrogens is 2. The summed E-state index contributed by atoms with van der Waals surface area (Å²) in [7, 11) is 0. The third-order valence-corrected chi connectivity index (χ3v) is 7.42. The molecule has 1 aromatic carbocycles. The highest BCUT2D eigenvalue weighted by molar-refractivity contribution is 6.33. The average molecular weight is 528 g/mol. The Morgan fingerprint density at radius 2 is 1.97 bits per heavy atom. The largest absolute Gasteiger partial charge is 0.463 e. The predicted octanol–water partition coefficient (Wildman–Crippen LogP) is 3.39. The average Bonchev–Trinajstić information content (AvgIpc) is 3.66. The molecule has 2 aromatic heterocycles. The van der Waals surface area contributed by atoms with E-state index in [1.54, 1.807) is 18.5 Å². The maximum atomic E-state index is 13.6. The molecule has 0 bridgehead atoms. The lowest BCUT2D eigenvalue weighted by Crippen LogP contribution is -2.46. The fourth-order valence-electron chi connectivity index (χ4n) is 5.17. The van der Waals surface area contributed by atoms with Crippen molar-refractivity contribution in [2.24, 2.45) is 4.99 Å². The van der Waals surface area contributed by atoms with Gasteiger partial charge in [0.15, 0.2) is 0 Å². The van der Waals surface area contributed by atoms with Gasteiger partial charge in [-0.25, -0.2) is 9.97 Å². The van der Waals surface area contributed by atoms with Crippen LogP contribution in [0.15, 0.2) is 48.0 Å². The summed E-state index contributed by atoms with van der Waals surface area (Å²) in [5, 5.41) is 4.46. The van der Waals surface area contributed by atoms with Gasteiger partial charge >= 0.3 is 6.18 Å². The Labute approximate surface area is 214 Å². The van der Waals surface area contributed by atoms with Gasteiger partial charge in [0.25, 0.3) is 0 Å². The quantitative estimate of drug-likeness (QED) is 0.478. The van der Waals surface area contributed by atoms with E-state index in [4.69, 9.17) is 27.8 Å². The molecule has 0 unspecified atom stereocenters. The highest BCUT2D eigenvalue weighted by Crippen LogP contribution is 2.54. The molecule has 3 aromatic rings. The molecule has 190 valence electrons. The van der Waals surface area contributed by atoms with Crippen molar-refractivity contribution >= 4 is 29.1 Å². The van der Waals surface area contributed by atoms with Crippen LogP contribution in [0.4, 0.5) is 24.8 Å². The van der Waals surface area contributed by atoms with Crippen LogP contribution in [0.5, 0.6) is 5.75 Å². The lowest BCUT2D eigenvalue weighted by Gasteiger charge is -2.34. The molecule has 0 saturated heterocycles. The molecule has 37 heavy (non-hydrogen) atoms. The van der Waals surface area contributed by atoms with Gasteiger partial charge in [0.2, 0.25) is 0 Å². The number of rotatable bonds is 3. The van der Waals surface area contributed by atoms with Crippen molar-refractivity contribution in [3.8, 4) is 16.9 Å². The van der Waals surface area contributed by atoms with Crippen LogP contribution in [0, 0.1) is 6.92 Å². The summed E-state index contributed by atoms with van der Waals surface area (Å²) in [5.41, 5.74) is 12.1. The van der Waals surface area contributed by atoms with E-state index in [0.717, 1.165) is 24.6 Å². The van der Waals surface area contributed by atoms with E-state index in [2.05, 4.69) is 20.3 Å². The summed E-state index contributed by atoms with van der Waals surface area (Å²) < 4.78 is 46.9. The second-order valence-corrected chi connectivity index (χ2v) is 9.48. The molecule has 8 nitrogen and oxygen atoms in total. The van der Waals surface area contributed by atoms with Crippen molar-refractivity contribution < 1.29 is 17.9 Å². The van der Waals surface area contributed by atoms with E-state index in [-0.39, 0.29) is 34.2 Å². The topological polar surface area (TPSA) is 115 Å². The molecule has 2 aliphatic heterocycles. The lowest BCUT2D eigenvalue weighted by atomic mass is 9.96. The Morgan fingerprint density at radius 3 is 2.68 bits per heavy atom. The van der Waals surface area contributed by atoms with E-state index in [9.17, 15) is 13.2 Å². The molecule has 5 N–H and O–H groups in total. The van der Waals surface area contributed by atoms with E-state index < -0.39 is 17.3 Å². The van der Waals surface area contributed by atoms with Gasteiger partial charge in [-0.15, -0.1) is 0 Å². The number of hydrogen-bond acceptors (Lipinski definition) is 8.